The van der Waals surface area contributed by atoms with Gasteiger partial charge in [-0.2, -0.15) is 0 Å². The number of fused-ring (bicyclic) bond motifs is 2. The third-order valence-electron chi connectivity index (χ3n) is 6.00. The smallest absolute Gasteiger partial charge is 0.411 e. The van der Waals surface area contributed by atoms with Crippen LogP contribution in [0.1, 0.15) is 27.7 Å². The highest BCUT2D eigenvalue weighted by molar-refractivity contribution is 5.84. The number of carbonyl (C=O) groups is 1. The van der Waals surface area contributed by atoms with Crippen molar-refractivity contribution < 1.29 is 14.3 Å². The fourth-order valence-electron chi connectivity index (χ4n) is 4.45. The van der Waals surface area contributed by atoms with Crippen LogP contribution in [0, 0.1) is 23.2 Å². The molecule has 1 amide bonds. The topological polar surface area (TPSA) is 47.6 Å². The summed E-state index contributed by atoms with van der Waals surface area (Å²) in [5, 5.41) is 2.78. The summed E-state index contributed by atoms with van der Waals surface area (Å²) in [5.74, 6) is 1.14. The molecule has 4 heteroatoms. The predicted octanol–water partition coefficient (Wildman–Crippen LogP) is 4.49. The third-order valence-corrected chi connectivity index (χ3v) is 6.00. The SMILES string of the molecule is CC1=C[C@@H](C)[C@@]2(COC(=O)Nc3ccccc3)CO[C@H](C)[C@H]1[C@H]2C. The highest BCUT2D eigenvalue weighted by Crippen LogP contribution is 2.52. The van der Waals surface area contributed by atoms with E-state index < -0.39 is 6.09 Å². The van der Waals surface area contributed by atoms with Crippen LogP contribution in [0.2, 0.25) is 0 Å². The molecule has 5 atom stereocenters. The third kappa shape index (κ3) is 2.95. The molecule has 24 heavy (non-hydrogen) atoms. The quantitative estimate of drug-likeness (QED) is 0.831. The molecule has 1 aliphatic heterocycles. The van der Waals surface area contributed by atoms with Gasteiger partial charge in [-0.1, -0.05) is 43.7 Å². The Hall–Kier alpha value is -1.81. The summed E-state index contributed by atoms with van der Waals surface area (Å²) in [7, 11) is 0. The number of rotatable bonds is 3. The van der Waals surface area contributed by atoms with Gasteiger partial charge in [0.2, 0.25) is 0 Å². The van der Waals surface area contributed by atoms with Gasteiger partial charge in [-0.15, -0.1) is 0 Å². The molecule has 1 heterocycles. The number of anilines is 1. The second-order valence-corrected chi connectivity index (χ2v) is 7.33. The van der Waals surface area contributed by atoms with Crippen LogP contribution in [0.25, 0.3) is 0 Å². The lowest BCUT2D eigenvalue weighted by Crippen LogP contribution is -2.56. The summed E-state index contributed by atoms with van der Waals surface area (Å²) in [6.45, 7) is 9.82. The van der Waals surface area contributed by atoms with Gasteiger partial charge in [-0.05, 0) is 37.8 Å². The maximum atomic E-state index is 12.2. The lowest BCUT2D eigenvalue weighted by atomic mass is 9.56. The number of hydrogen-bond donors (Lipinski definition) is 1. The normalized spacial score (nSPS) is 35.1. The molecule has 0 saturated carbocycles. The highest BCUT2D eigenvalue weighted by atomic mass is 16.6. The zero-order valence-electron chi connectivity index (χ0n) is 14.9. The number of allylic oxidation sites excluding steroid dienone is 1. The van der Waals surface area contributed by atoms with E-state index in [2.05, 4.69) is 39.1 Å². The van der Waals surface area contributed by atoms with Crippen molar-refractivity contribution in [2.45, 2.75) is 33.8 Å². The zero-order valence-corrected chi connectivity index (χ0v) is 14.9. The Morgan fingerprint density at radius 2 is 2.00 bits per heavy atom. The van der Waals surface area contributed by atoms with Gasteiger partial charge in [0, 0.05) is 17.0 Å². The largest absolute Gasteiger partial charge is 0.449 e. The molecular formula is C20H27NO3. The summed E-state index contributed by atoms with van der Waals surface area (Å²) in [4.78, 5) is 12.2. The maximum Gasteiger partial charge on any atom is 0.411 e. The van der Waals surface area contributed by atoms with Gasteiger partial charge in [0.25, 0.3) is 0 Å². The molecular weight excluding hydrogens is 302 g/mol. The van der Waals surface area contributed by atoms with E-state index >= 15 is 0 Å². The van der Waals surface area contributed by atoms with Gasteiger partial charge in [-0.3, -0.25) is 5.32 Å². The molecule has 4 nitrogen and oxygen atoms in total. The first kappa shape index (κ1) is 17.0. The van der Waals surface area contributed by atoms with Crippen molar-refractivity contribution in [2.24, 2.45) is 23.2 Å². The molecule has 3 rings (SSSR count). The van der Waals surface area contributed by atoms with Crippen molar-refractivity contribution in [1.29, 1.82) is 0 Å². The lowest BCUT2D eigenvalue weighted by Gasteiger charge is -2.54. The van der Waals surface area contributed by atoms with Crippen molar-refractivity contribution in [3.8, 4) is 0 Å². The standard InChI is InChI=1S/C20H27NO3/c1-13-10-14(2)20(11-23-16(4)18(13)15(20)3)12-24-19(22)21-17-8-6-5-7-9-17/h5-10,14-16,18H,11-12H2,1-4H3,(H,21,22)/t14-,15-,16-,18-,20+/m1/s1. The first-order valence-electron chi connectivity index (χ1n) is 8.73. The van der Waals surface area contributed by atoms with E-state index in [9.17, 15) is 4.79 Å². The molecule has 0 radical (unpaired) electrons. The maximum absolute atomic E-state index is 12.2. The van der Waals surface area contributed by atoms with Crippen molar-refractivity contribution in [2.75, 3.05) is 18.5 Å². The summed E-state index contributed by atoms with van der Waals surface area (Å²) in [6.07, 6.45) is 2.15. The Bertz CT molecular complexity index is 627. The van der Waals surface area contributed by atoms with E-state index in [0.717, 1.165) is 5.69 Å². The van der Waals surface area contributed by atoms with Gasteiger partial charge < -0.3 is 9.47 Å². The molecule has 1 fully saturated rings. The molecule has 1 aromatic carbocycles. The lowest BCUT2D eigenvalue weighted by molar-refractivity contribution is -0.156. The first-order chi connectivity index (χ1) is 11.4. The number of ether oxygens (including phenoxy) is 2. The number of para-hydroxylation sites is 1. The van der Waals surface area contributed by atoms with Crippen LogP contribution < -0.4 is 5.32 Å². The van der Waals surface area contributed by atoms with E-state index in [4.69, 9.17) is 9.47 Å². The van der Waals surface area contributed by atoms with E-state index in [-0.39, 0.29) is 11.5 Å². The van der Waals surface area contributed by atoms with Crippen molar-refractivity contribution >= 4 is 11.8 Å². The minimum Gasteiger partial charge on any atom is -0.449 e. The van der Waals surface area contributed by atoms with E-state index in [1.807, 2.05) is 30.3 Å². The molecule has 1 aliphatic carbocycles. The second-order valence-electron chi connectivity index (χ2n) is 7.33. The van der Waals surface area contributed by atoms with E-state index in [1.54, 1.807) is 0 Å². The number of amides is 1. The van der Waals surface area contributed by atoms with Gasteiger partial charge >= 0.3 is 6.09 Å². The van der Waals surface area contributed by atoms with E-state index in [1.165, 1.54) is 5.57 Å². The van der Waals surface area contributed by atoms with Crippen LogP contribution in [0.4, 0.5) is 10.5 Å². The van der Waals surface area contributed by atoms with Gasteiger partial charge in [0.1, 0.15) is 6.61 Å². The predicted molar refractivity (Wildman–Crippen MR) is 94.8 cm³/mol. The van der Waals surface area contributed by atoms with Crippen molar-refractivity contribution in [1.82, 2.24) is 0 Å². The summed E-state index contributed by atoms with van der Waals surface area (Å²) < 4.78 is 11.7. The number of carbonyl (C=O) groups excluding carboxylic acids is 1. The molecule has 0 unspecified atom stereocenters. The molecule has 0 spiro atoms. The monoisotopic (exact) mass is 329 g/mol. The molecule has 2 aliphatic rings. The Balaban J connectivity index is 1.70. The molecule has 1 N–H and O–H groups in total. The fraction of sp³-hybridized carbons (Fsp3) is 0.550. The number of benzene rings is 1. The van der Waals surface area contributed by atoms with Crippen molar-refractivity contribution in [3.63, 3.8) is 0 Å². The zero-order chi connectivity index (χ0) is 17.3. The first-order valence-corrected chi connectivity index (χ1v) is 8.73. The minimum absolute atomic E-state index is 0.148. The fourth-order valence-corrected chi connectivity index (χ4v) is 4.45. The second kappa shape index (κ2) is 6.60. The molecule has 1 saturated heterocycles. The number of nitrogens with one attached hydrogen (secondary N) is 1. The summed E-state index contributed by atoms with van der Waals surface area (Å²) in [6, 6.07) is 9.37. The highest BCUT2D eigenvalue weighted by Gasteiger charge is 2.53. The van der Waals surface area contributed by atoms with Crippen LogP contribution in [-0.2, 0) is 9.47 Å². The van der Waals surface area contributed by atoms with Gasteiger partial charge in [0.15, 0.2) is 0 Å². The average molecular weight is 329 g/mol. The van der Waals surface area contributed by atoms with Gasteiger partial charge in [-0.25, -0.2) is 4.79 Å². The molecule has 2 bridgehead atoms. The van der Waals surface area contributed by atoms with Crippen LogP contribution in [0.5, 0.6) is 0 Å². The average Bonchev–Trinajstić information content (AvgIpc) is 2.54. The Morgan fingerprint density at radius 3 is 2.71 bits per heavy atom. The Kier molecular flexibility index (Phi) is 4.68. The Labute approximate surface area is 144 Å². The minimum atomic E-state index is -0.406. The van der Waals surface area contributed by atoms with Crippen LogP contribution >= 0.6 is 0 Å². The molecule has 0 aromatic heterocycles. The van der Waals surface area contributed by atoms with Gasteiger partial charge in [0.05, 0.1) is 12.7 Å². The number of hydrogen-bond acceptors (Lipinski definition) is 3. The van der Waals surface area contributed by atoms with E-state index in [0.29, 0.717) is 31.0 Å². The molecule has 130 valence electrons. The van der Waals surface area contributed by atoms with Crippen LogP contribution in [0.15, 0.2) is 42.0 Å². The van der Waals surface area contributed by atoms with Crippen molar-refractivity contribution in [3.05, 3.63) is 42.0 Å². The van der Waals surface area contributed by atoms with Crippen LogP contribution in [-0.4, -0.2) is 25.4 Å². The summed E-state index contributed by atoms with van der Waals surface area (Å²) >= 11 is 0. The molecule has 1 aromatic rings. The Morgan fingerprint density at radius 1 is 1.29 bits per heavy atom. The summed E-state index contributed by atoms with van der Waals surface area (Å²) in [5.41, 5.74) is 1.99. The van der Waals surface area contributed by atoms with Crippen LogP contribution in [0.3, 0.4) is 0 Å².